The highest BCUT2D eigenvalue weighted by molar-refractivity contribution is 4.73. The van der Waals surface area contributed by atoms with Crippen LogP contribution in [0.15, 0.2) is 0 Å². The van der Waals surface area contributed by atoms with Crippen molar-refractivity contribution in [1.82, 2.24) is 0 Å². The number of hydrogen-bond donors (Lipinski definition) is 3. The summed E-state index contributed by atoms with van der Waals surface area (Å²) in [6.45, 7) is 0.126. The van der Waals surface area contributed by atoms with Crippen LogP contribution in [-0.2, 0) is 0 Å². The quantitative estimate of drug-likeness (QED) is 0.469. The van der Waals surface area contributed by atoms with Gasteiger partial charge < -0.3 is 10.3 Å². The summed E-state index contributed by atoms with van der Waals surface area (Å²) in [4.78, 5) is 0. The molecule has 3 unspecified atom stereocenters. The summed E-state index contributed by atoms with van der Waals surface area (Å²) in [6, 6.07) is 0. The highest BCUT2D eigenvalue weighted by atomic mass is 16.8. The Morgan fingerprint density at radius 2 is 2.00 bits per heavy atom. The fraction of sp³-hybridized carbons (Fsp3) is 1.00. The highest BCUT2D eigenvalue weighted by Crippen LogP contribution is 2.22. The van der Waals surface area contributed by atoms with E-state index in [1.807, 2.05) is 0 Å². The Morgan fingerprint density at radius 3 is 2.55 bits per heavy atom. The molecule has 0 aromatic carbocycles. The first kappa shape index (κ1) is 8.93. The maximum atomic E-state index is 10.3. The fourth-order valence-corrected chi connectivity index (χ4v) is 1.65. The topological polar surface area (TPSA) is 68.0 Å². The van der Waals surface area contributed by atoms with Crippen molar-refractivity contribution in [2.24, 2.45) is 5.92 Å². The number of hydrogen-bond acceptors (Lipinski definition) is 3. The van der Waals surface area contributed by atoms with Crippen LogP contribution in [0.2, 0.25) is 0 Å². The molecule has 1 rings (SSSR count). The van der Waals surface area contributed by atoms with Gasteiger partial charge in [-0.1, -0.05) is 12.8 Å². The van der Waals surface area contributed by atoms with E-state index < -0.39 is 5.23 Å². The van der Waals surface area contributed by atoms with Crippen molar-refractivity contribution in [2.75, 3.05) is 6.54 Å². The summed E-state index contributed by atoms with van der Waals surface area (Å²) in [7, 11) is 0. The lowest BCUT2D eigenvalue weighted by atomic mass is 9.87. The minimum atomic E-state index is -0.795. The molecule has 0 amide bonds. The van der Waals surface area contributed by atoms with Gasteiger partial charge in [-0.15, -0.1) is 0 Å². The zero-order valence-electron chi connectivity index (χ0n) is 6.49. The van der Waals surface area contributed by atoms with Crippen molar-refractivity contribution in [2.45, 2.75) is 31.8 Å². The molecule has 0 aromatic rings. The number of hydroxylamine groups is 2. The van der Waals surface area contributed by atoms with Gasteiger partial charge >= 0.3 is 0 Å². The Bertz CT molecular complexity index is 118. The van der Waals surface area contributed by atoms with Crippen LogP contribution in [0.5, 0.6) is 0 Å². The van der Waals surface area contributed by atoms with Crippen LogP contribution in [0.4, 0.5) is 0 Å². The van der Waals surface area contributed by atoms with Crippen LogP contribution in [0.3, 0.4) is 0 Å². The molecule has 11 heavy (non-hydrogen) atoms. The molecule has 0 spiro atoms. The van der Waals surface area contributed by atoms with E-state index in [-0.39, 0.29) is 18.6 Å². The van der Waals surface area contributed by atoms with Gasteiger partial charge in [0.05, 0.1) is 6.10 Å². The smallest absolute Gasteiger partial charge is 0.112 e. The molecule has 0 saturated heterocycles. The summed E-state index contributed by atoms with van der Waals surface area (Å²) in [5.41, 5.74) is 0. The minimum absolute atomic E-state index is 0.00116. The van der Waals surface area contributed by atoms with Gasteiger partial charge in [-0.2, -0.15) is 0 Å². The van der Waals surface area contributed by atoms with E-state index in [0.717, 1.165) is 25.7 Å². The van der Waals surface area contributed by atoms with E-state index >= 15 is 0 Å². The first-order chi connectivity index (χ1) is 5.20. The van der Waals surface area contributed by atoms with Crippen molar-refractivity contribution < 1.29 is 15.5 Å². The standard InChI is InChI=1S/C7H15NO3/c9-7-4-2-1-3-6(7)5-8(10)11/h6-10H,1-5H2. The largest absolute Gasteiger partial charge is 0.600 e. The zero-order chi connectivity index (χ0) is 8.27. The Hall–Kier alpha value is -0.160. The molecule has 66 valence electrons. The van der Waals surface area contributed by atoms with Crippen LogP contribution in [0, 0.1) is 11.1 Å². The summed E-state index contributed by atoms with van der Waals surface area (Å²) in [6.07, 6.45) is 3.37. The third kappa shape index (κ3) is 2.75. The number of nitrogens with one attached hydrogen (secondary N) is 1. The second-order valence-corrected chi connectivity index (χ2v) is 3.21. The van der Waals surface area contributed by atoms with Crippen molar-refractivity contribution in [3.05, 3.63) is 5.21 Å². The second-order valence-electron chi connectivity index (χ2n) is 3.21. The van der Waals surface area contributed by atoms with Gasteiger partial charge in [-0.3, -0.25) is 0 Å². The Balaban J connectivity index is 2.29. The number of aliphatic hydroxyl groups is 1. The van der Waals surface area contributed by atoms with Crippen molar-refractivity contribution in [3.8, 4) is 0 Å². The SMILES string of the molecule is [O-][NH+](O)CC1CCCCC1O. The van der Waals surface area contributed by atoms with Crippen LogP contribution >= 0.6 is 0 Å². The Labute approximate surface area is 66.0 Å². The zero-order valence-corrected chi connectivity index (χ0v) is 6.49. The average molecular weight is 161 g/mol. The van der Waals surface area contributed by atoms with Gasteiger partial charge in [-0.25, -0.2) is 10.4 Å². The molecular formula is C7H15NO3. The van der Waals surface area contributed by atoms with Crippen LogP contribution < -0.4 is 5.23 Å². The van der Waals surface area contributed by atoms with Crippen LogP contribution in [0.1, 0.15) is 25.7 Å². The van der Waals surface area contributed by atoms with E-state index in [4.69, 9.17) is 5.21 Å². The van der Waals surface area contributed by atoms with E-state index in [2.05, 4.69) is 0 Å². The predicted molar refractivity (Wildman–Crippen MR) is 38.9 cm³/mol. The van der Waals surface area contributed by atoms with Crippen molar-refractivity contribution >= 4 is 0 Å². The summed E-state index contributed by atoms with van der Waals surface area (Å²) in [5.74, 6) is 0.00116. The Morgan fingerprint density at radius 1 is 1.36 bits per heavy atom. The molecule has 4 heteroatoms. The van der Waals surface area contributed by atoms with Gasteiger partial charge in [0.25, 0.3) is 0 Å². The number of rotatable bonds is 2. The molecule has 1 aliphatic carbocycles. The van der Waals surface area contributed by atoms with Crippen molar-refractivity contribution in [1.29, 1.82) is 0 Å². The number of aliphatic hydroxyl groups excluding tert-OH is 1. The molecule has 3 atom stereocenters. The second kappa shape index (κ2) is 4.01. The molecule has 4 nitrogen and oxygen atoms in total. The van der Waals surface area contributed by atoms with Gasteiger partial charge in [0.15, 0.2) is 0 Å². The van der Waals surface area contributed by atoms with Gasteiger partial charge in [-0.05, 0) is 12.8 Å². The molecule has 1 fully saturated rings. The fourth-order valence-electron chi connectivity index (χ4n) is 1.65. The molecule has 0 aliphatic heterocycles. The van der Waals surface area contributed by atoms with E-state index in [1.54, 1.807) is 0 Å². The van der Waals surface area contributed by atoms with Gasteiger partial charge in [0.1, 0.15) is 6.54 Å². The summed E-state index contributed by atoms with van der Waals surface area (Å²) < 4.78 is 0. The maximum absolute atomic E-state index is 10.3. The molecule has 0 heterocycles. The molecule has 0 radical (unpaired) electrons. The van der Waals surface area contributed by atoms with E-state index in [1.165, 1.54) is 0 Å². The van der Waals surface area contributed by atoms with Crippen molar-refractivity contribution in [3.63, 3.8) is 0 Å². The lowest BCUT2D eigenvalue weighted by Gasteiger charge is -2.28. The van der Waals surface area contributed by atoms with Crippen LogP contribution in [-0.4, -0.2) is 23.0 Å². The minimum Gasteiger partial charge on any atom is -0.600 e. The third-order valence-electron chi connectivity index (χ3n) is 2.31. The van der Waals surface area contributed by atoms with E-state index in [9.17, 15) is 10.3 Å². The lowest BCUT2D eigenvalue weighted by Crippen LogP contribution is -3.05. The predicted octanol–water partition coefficient (Wildman–Crippen LogP) is -0.691. The summed E-state index contributed by atoms with van der Waals surface area (Å²) in [5, 5.41) is 27.3. The molecule has 0 aromatic heterocycles. The van der Waals surface area contributed by atoms with E-state index in [0.29, 0.717) is 0 Å². The molecule has 1 saturated carbocycles. The first-order valence-corrected chi connectivity index (χ1v) is 4.10. The molecule has 0 bridgehead atoms. The normalized spacial score (nSPS) is 35.2. The first-order valence-electron chi connectivity index (χ1n) is 4.10. The molecule has 1 aliphatic rings. The molecular weight excluding hydrogens is 146 g/mol. The highest BCUT2D eigenvalue weighted by Gasteiger charge is 2.24. The van der Waals surface area contributed by atoms with Gasteiger partial charge in [0, 0.05) is 5.92 Å². The third-order valence-corrected chi connectivity index (χ3v) is 2.31. The average Bonchev–Trinajstić information content (AvgIpc) is 1.93. The van der Waals surface area contributed by atoms with Crippen LogP contribution in [0.25, 0.3) is 0 Å². The lowest BCUT2D eigenvalue weighted by molar-refractivity contribution is -1.05. The Kier molecular flexibility index (Phi) is 3.26. The monoisotopic (exact) mass is 161 g/mol. The summed E-state index contributed by atoms with van der Waals surface area (Å²) >= 11 is 0. The molecule has 3 N–H and O–H groups in total. The number of quaternary nitrogens is 1. The van der Waals surface area contributed by atoms with Gasteiger partial charge in [0.2, 0.25) is 0 Å². The maximum Gasteiger partial charge on any atom is 0.112 e.